The van der Waals surface area contributed by atoms with E-state index in [4.69, 9.17) is 48.6 Å². The molecule has 0 saturated carbocycles. The molecule has 4 aromatic carbocycles. The lowest BCUT2D eigenvalue weighted by Gasteiger charge is -2.15. The number of methoxy groups -OCH3 is 6. The summed E-state index contributed by atoms with van der Waals surface area (Å²) in [5.41, 5.74) is 11.5. The third kappa shape index (κ3) is 9.86. The van der Waals surface area contributed by atoms with Crippen LogP contribution in [-0.4, -0.2) is 84.9 Å². The predicted octanol–water partition coefficient (Wildman–Crippen LogP) is 9.95. The number of ether oxygens (including phenoxy) is 6. The first kappa shape index (κ1) is 45.5. The van der Waals surface area contributed by atoms with Gasteiger partial charge in [0.25, 0.3) is 0 Å². The van der Waals surface area contributed by atoms with Gasteiger partial charge in [-0.25, -0.2) is 9.97 Å². The Kier molecular flexibility index (Phi) is 14.3. The molecule has 0 aliphatic rings. The normalized spacial score (nSPS) is 11.4. The Labute approximate surface area is 380 Å². The SMILES string of the molecule is COc1ccc(-c2c(C)nn3c(NCC(C)c4ccccc4)cc(C)nc23)cc1OC.COc1ccc(CCNc2cc(C)nc3c(-c4ccc(OC)c(OC)c4)c(C)nn23)c(OC)c1. The molecule has 0 radical (unpaired) electrons. The van der Waals surface area contributed by atoms with E-state index in [9.17, 15) is 0 Å². The first-order valence-electron chi connectivity index (χ1n) is 21.4. The van der Waals surface area contributed by atoms with E-state index in [1.807, 2.05) is 110 Å². The average Bonchev–Trinajstić information content (AvgIpc) is 3.85. The molecule has 1 atom stereocenters. The number of nitrogens with one attached hydrogen (secondary N) is 2. The third-order valence-electron chi connectivity index (χ3n) is 11.3. The van der Waals surface area contributed by atoms with Gasteiger partial charge in [0.1, 0.15) is 23.1 Å². The molecule has 0 fully saturated rings. The molecule has 338 valence electrons. The van der Waals surface area contributed by atoms with Crippen LogP contribution in [0.25, 0.3) is 33.5 Å². The van der Waals surface area contributed by atoms with Gasteiger partial charge in [0.05, 0.1) is 54.0 Å². The summed E-state index contributed by atoms with van der Waals surface area (Å²) in [7, 11) is 9.86. The Morgan fingerprint density at radius 2 is 1.03 bits per heavy atom. The maximum atomic E-state index is 5.53. The van der Waals surface area contributed by atoms with Crippen molar-refractivity contribution < 1.29 is 28.4 Å². The smallest absolute Gasteiger partial charge is 0.165 e. The molecule has 0 bridgehead atoms. The van der Waals surface area contributed by atoms with Crippen LogP contribution in [0.3, 0.4) is 0 Å². The topological polar surface area (TPSA) is 140 Å². The molecule has 0 amide bonds. The maximum Gasteiger partial charge on any atom is 0.165 e. The van der Waals surface area contributed by atoms with Gasteiger partial charge in [-0.15, -0.1) is 0 Å². The molecule has 2 N–H and O–H groups in total. The van der Waals surface area contributed by atoms with Crippen LogP contribution in [0.1, 0.15) is 46.7 Å². The number of fused-ring (bicyclic) bond motifs is 2. The lowest BCUT2D eigenvalue weighted by molar-refractivity contribution is 0.355. The molecule has 0 saturated heterocycles. The van der Waals surface area contributed by atoms with E-state index in [-0.39, 0.29) is 0 Å². The highest BCUT2D eigenvalue weighted by Gasteiger charge is 2.20. The number of anilines is 2. The number of hydrogen-bond acceptors (Lipinski definition) is 12. The lowest BCUT2D eigenvalue weighted by Crippen LogP contribution is -2.13. The van der Waals surface area contributed by atoms with E-state index < -0.39 is 0 Å². The van der Waals surface area contributed by atoms with Crippen LogP contribution >= 0.6 is 0 Å². The minimum atomic E-state index is 0.367. The van der Waals surface area contributed by atoms with Crippen LogP contribution in [0.5, 0.6) is 34.5 Å². The number of rotatable bonds is 16. The van der Waals surface area contributed by atoms with Crippen LogP contribution in [0.4, 0.5) is 11.6 Å². The fourth-order valence-electron chi connectivity index (χ4n) is 7.94. The molecule has 0 aliphatic heterocycles. The second-order valence-corrected chi connectivity index (χ2v) is 15.6. The van der Waals surface area contributed by atoms with Crippen LogP contribution in [0.15, 0.2) is 97.1 Å². The van der Waals surface area contributed by atoms with Crippen LogP contribution < -0.4 is 39.1 Å². The first-order chi connectivity index (χ1) is 31.5. The van der Waals surface area contributed by atoms with Gasteiger partial charge in [0, 0.05) is 53.8 Å². The minimum absolute atomic E-state index is 0.367. The highest BCUT2D eigenvalue weighted by molar-refractivity contribution is 5.83. The van der Waals surface area contributed by atoms with Crippen molar-refractivity contribution in [3.63, 3.8) is 0 Å². The number of aryl methyl sites for hydroxylation is 4. The van der Waals surface area contributed by atoms with Crippen molar-refractivity contribution in [2.45, 2.75) is 47.0 Å². The van der Waals surface area contributed by atoms with Crippen LogP contribution in [0.2, 0.25) is 0 Å². The molecule has 14 nitrogen and oxygen atoms in total. The number of nitrogens with zero attached hydrogens (tertiary/aromatic N) is 6. The molecular weight excluding hydrogens is 821 g/mol. The third-order valence-corrected chi connectivity index (χ3v) is 11.3. The molecule has 0 aliphatic carbocycles. The van der Waals surface area contributed by atoms with Crippen molar-refractivity contribution >= 4 is 22.9 Å². The largest absolute Gasteiger partial charge is 0.497 e. The van der Waals surface area contributed by atoms with Crippen molar-refractivity contribution in [3.8, 4) is 56.8 Å². The predicted molar refractivity (Wildman–Crippen MR) is 257 cm³/mol. The van der Waals surface area contributed by atoms with Crippen molar-refractivity contribution in [1.82, 2.24) is 29.2 Å². The molecule has 4 aromatic heterocycles. The van der Waals surface area contributed by atoms with Crippen molar-refractivity contribution in [1.29, 1.82) is 0 Å². The number of hydrogen-bond donors (Lipinski definition) is 2. The van der Waals surface area contributed by atoms with E-state index in [1.54, 1.807) is 42.7 Å². The lowest BCUT2D eigenvalue weighted by atomic mass is 10.0. The summed E-state index contributed by atoms with van der Waals surface area (Å²) in [4.78, 5) is 9.60. The first-order valence-corrected chi connectivity index (χ1v) is 21.4. The number of aromatic nitrogens is 6. The van der Waals surface area contributed by atoms with E-state index in [0.717, 1.165) is 98.0 Å². The van der Waals surface area contributed by atoms with Crippen molar-refractivity contribution in [2.24, 2.45) is 0 Å². The van der Waals surface area contributed by atoms with Gasteiger partial charge < -0.3 is 39.1 Å². The summed E-state index contributed by atoms with van der Waals surface area (Å²) in [6.07, 6.45) is 0.777. The Morgan fingerprint density at radius 3 is 1.52 bits per heavy atom. The molecule has 4 heterocycles. The fraction of sp³-hybridized carbons (Fsp3) is 0.294. The summed E-state index contributed by atoms with van der Waals surface area (Å²) in [6.45, 7) is 11.7. The quantitative estimate of drug-likeness (QED) is 0.0955. The van der Waals surface area contributed by atoms with Gasteiger partial charge in [-0.3, -0.25) is 0 Å². The summed E-state index contributed by atoms with van der Waals surface area (Å²) < 4.78 is 36.3. The second kappa shape index (κ2) is 20.4. The average molecular weight is 879 g/mol. The highest BCUT2D eigenvalue weighted by Crippen LogP contribution is 2.38. The van der Waals surface area contributed by atoms with Gasteiger partial charge in [-0.1, -0.05) is 55.5 Å². The monoisotopic (exact) mass is 878 g/mol. The number of benzene rings is 4. The maximum absolute atomic E-state index is 5.53. The fourth-order valence-corrected chi connectivity index (χ4v) is 7.94. The Bertz CT molecular complexity index is 2910. The van der Waals surface area contributed by atoms with E-state index >= 15 is 0 Å². The summed E-state index contributed by atoms with van der Waals surface area (Å²) in [6, 6.07) is 32.2. The molecule has 0 spiro atoms. The Morgan fingerprint density at radius 1 is 0.523 bits per heavy atom. The highest BCUT2D eigenvalue weighted by atomic mass is 16.5. The van der Waals surface area contributed by atoms with Crippen molar-refractivity contribution in [2.75, 3.05) is 66.4 Å². The zero-order valence-corrected chi connectivity index (χ0v) is 39.1. The summed E-state index contributed by atoms with van der Waals surface area (Å²) >= 11 is 0. The summed E-state index contributed by atoms with van der Waals surface area (Å²) in [5, 5.41) is 16.7. The van der Waals surface area contributed by atoms with Crippen molar-refractivity contribution in [3.05, 3.63) is 131 Å². The van der Waals surface area contributed by atoms with E-state index in [2.05, 4.69) is 41.8 Å². The minimum Gasteiger partial charge on any atom is -0.497 e. The van der Waals surface area contributed by atoms with Crippen LogP contribution in [-0.2, 0) is 6.42 Å². The molecule has 8 aromatic rings. The van der Waals surface area contributed by atoms with E-state index in [0.29, 0.717) is 35.5 Å². The second-order valence-electron chi connectivity index (χ2n) is 15.6. The standard InChI is InChI=1S/C26H30N4O4.C25H28N4O2/c1-16-13-24(27-12-11-18-7-9-20(31-3)15-22(18)33-5)30-26(28-16)25(17(2)29-30)19-8-10-21(32-4)23(14-19)34-6;1-16(19-9-7-6-8-10-19)15-26-23-13-17(2)27-25-24(18(3)28-29(23)25)20-11-12-21(30-4)22(14-20)31-5/h7-10,13-15,27H,11-12H2,1-6H3;6-14,16,26H,15H2,1-5H3. The van der Waals surface area contributed by atoms with E-state index in [1.165, 1.54) is 5.56 Å². The zero-order valence-electron chi connectivity index (χ0n) is 39.1. The molecule has 65 heavy (non-hydrogen) atoms. The van der Waals surface area contributed by atoms with Crippen LogP contribution in [0, 0.1) is 27.7 Å². The Hall–Kier alpha value is -7.48. The Balaban J connectivity index is 0.000000195. The van der Waals surface area contributed by atoms with Gasteiger partial charge in [-0.05, 0) is 92.6 Å². The van der Waals surface area contributed by atoms with Gasteiger partial charge in [0.2, 0.25) is 0 Å². The van der Waals surface area contributed by atoms with Gasteiger partial charge in [0.15, 0.2) is 34.3 Å². The molecule has 14 heteroatoms. The zero-order chi connectivity index (χ0) is 46.2. The van der Waals surface area contributed by atoms with Gasteiger partial charge in [-0.2, -0.15) is 19.2 Å². The molecule has 1 unspecified atom stereocenters. The molecular formula is C51H58N8O6. The summed E-state index contributed by atoms with van der Waals surface area (Å²) in [5.74, 6) is 6.48. The van der Waals surface area contributed by atoms with Gasteiger partial charge >= 0.3 is 0 Å². The molecule has 8 rings (SSSR count).